The van der Waals surface area contributed by atoms with Crippen molar-refractivity contribution >= 4 is 5.91 Å². The number of rotatable bonds is 6. The second-order valence-corrected chi connectivity index (χ2v) is 6.48. The van der Waals surface area contributed by atoms with E-state index in [0.717, 1.165) is 19.4 Å². The summed E-state index contributed by atoms with van der Waals surface area (Å²) in [5.74, 6) is 1.86. The highest BCUT2D eigenvalue weighted by atomic mass is 16.2. The predicted molar refractivity (Wildman–Crippen MR) is 76.2 cm³/mol. The van der Waals surface area contributed by atoms with E-state index in [0.29, 0.717) is 42.7 Å². The summed E-state index contributed by atoms with van der Waals surface area (Å²) in [4.78, 5) is 14.5. The van der Waals surface area contributed by atoms with Crippen LogP contribution in [0.1, 0.15) is 53.4 Å². The molecule has 3 heteroatoms. The highest BCUT2D eigenvalue weighted by Gasteiger charge is 2.31. The lowest BCUT2D eigenvalue weighted by molar-refractivity contribution is -0.133. The summed E-state index contributed by atoms with van der Waals surface area (Å²) in [7, 11) is 0. The van der Waals surface area contributed by atoms with E-state index in [1.165, 1.54) is 6.42 Å². The van der Waals surface area contributed by atoms with Gasteiger partial charge in [-0.2, -0.15) is 0 Å². The second-order valence-electron chi connectivity index (χ2n) is 6.48. The first-order chi connectivity index (χ1) is 8.45. The molecule has 0 aromatic carbocycles. The van der Waals surface area contributed by atoms with Crippen LogP contribution in [0, 0.1) is 17.8 Å². The van der Waals surface area contributed by atoms with Crippen LogP contribution in [-0.2, 0) is 4.79 Å². The van der Waals surface area contributed by atoms with E-state index in [9.17, 15) is 4.79 Å². The third-order valence-electron chi connectivity index (χ3n) is 3.99. The van der Waals surface area contributed by atoms with Crippen molar-refractivity contribution in [2.75, 3.05) is 13.1 Å². The molecule has 1 aliphatic rings. The lowest BCUT2D eigenvalue weighted by Gasteiger charge is -2.29. The molecule has 0 spiro atoms. The first-order valence-corrected chi connectivity index (χ1v) is 7.45. The van der Waals surface area contributed by atoms with Crippen molar-refractivity contribution in [2.45, 2.75) is 59.4 Å². The summed E-state index contributed by atoms with van der Waals surface area (Å²) in [6, 6.07) is 0.454. The van der Waals surface area contributed by atoms with Gasteiger partial charge in [0.15, 0.2) is 0 Å². The molecule has 0 radical (unpaired) electrons. The molecule has 3 nitrogen and oxygen atoms in total. The van der Waals surface area contributed by atoms with E-state index in [4.69, 9.17) is 5.73 Å². The van der Waals surface area contributed by atoms with Crippen LogP contribution >= 0.6 is 0 Å². The maximum absolute atomic E-state index is 12.4. The Hall–Kier alpha value is -0.570. The zero-order valence-corrected chi connectivity index (χ0v) is 12.5. The van der Waals surface area contributed by atoms with Crippen LogP contribution in [0.2, 0.25) is 0 Å². The average molecular weight is 254 g/mol. The molecule has 1 heterocycles. The molecule has 0 bridgehead atoms. The van der Waals surface area contributed by atoms with Crippen molar-refractivity contribution in [3.8, 4) is 0 Å². The van der Waals surface area contributed by atoms with Gasteiger partial charge >= 0.3 is 0 Å². The fourth-order valence-corrected chi connectivity index (χ4v) is 3.09. The van der Waals surface area contributed by atoms with Crippen molar-refractivity contribution in [1.29, 1.82) is 0 Å². The van der Waals surface area contributed by atoms with Crippen molar-refractivity contribution in [3.05, 3.63) is 0 Å². The predicted octanol–water partition coefficient (Wildman–Crippen LogP) is 2.64. The average Bonchev–Trinajstić information content (AvgIpc) is 2.76. The largest absolute Gasteiger partial charge is 0.339 e. The SMILES string of the molecule is CC(C)C[C@@H](CN)CC(=O)N1CCCC1C(C)C. The normalized spacial score (nSPS) is 21.9. The Bertz CT molecular complexity index is 263. The van der Waals surface area contributed by atoms with Gasteiger partial charge < -0.3 is 10.6 Å². The third-order valence-corrected chi connectivity index (χ3v) is 3.99. The van der Waals surface area contributed by atoms with Gasteiger partial charge in [-0.05, 0) is 43.6 Å². The number of likely N-dealkylation sites (tertiary alicyclic amines) is 1. The molecule has 1 rings (SSSR count). The molecule has 1 unspecified atom stereocenters. The van der Waals surface area contributed by atoms with Crippen LogP contribution in [0.3, 0.4) is 0 Å². The molecule has 1 fully saturated rings. The molecule has 2 atom stereocenters. The van der Waals surface area contributed by atoms with Gasteiger partial charge in [0.25, 0.3) is 0 Å². The van der Waals surface area contributed by atoms with E-state index in [2.05, 4.69) is 32.6 Å². The van der Waals surface area contributed by atoms with Gasteiger partial charge in [-0.15, -0.1) is 0 Å². The Morgan fingerprint density at radius 1 is 1.33 bits per heavy atom. The Morgan fingerprint density at radius 2 is 2.00 bits per heavy atom. The van der Waals surface area contributed by atoms with Crippen LogP contribution in [0.4, 0.5) is 0 Å². The minimum absolute atomic E-state index is 0.322. The maximum Gasteiger partial charge on any atom is 0.223 e. The number of carbonyl (C=O) groups excluding carboxylic acids is 1. The van der Waals surface area contributed by atoms with E-state index >= 15 is 0 Å². The van der Waals surface area contributed by atoms with Gasteiger partial charge in [-0.1, -0.05) is 27.7 Å². The second kappa shape index (κ2) is 7.13. The lowest BCUT2D eigenvalue weighted by Crippen LogP contribution is -2.40. The Balaban J connectivity index is 2.53. The summed E-state index contributed by atoms with van der Waals surface area (Å²) in [6.45, 7) is 10.4. The highest BCUT2D eigenvalue weighted by Crippen LogP contribution is 2.26. The molecule has 0 aliphatic carbocycles. The molecule has 0 saturated carbocycles. The molecule has 1 amide bonds. The van der Waals surface area contributed by atoms with Crippen LogP contribution < -0.4 is 5.73 Å². The zero-order valence-electron chi connectivity index (χ0n) is 12.5. The van der Waals surface area contributed by atoms with Gasteiger partial charge in [0.2, 0.25) is 5.91 Å². The van der Waals surface area contributed by atoms with Crippen LogP contribution in [0.15, 0.2) is 0 Å². The zero-order chi connectivity index (χ0) is 13.7. The summed E-state index contributed by atoms with van der Waals surface area (Å²) in [5, 5.41) is 0. The lowest BCUT2D eigenvalue weighted by atomic mass is 9.93. The molecule has 0 aromatic heterocycles. The quantitative estimate of drug-likeness (QED) is 0.792. The van der Waals surface area contributed by atoms with E-state index in [1.807, 2.05) is 0 Å². The van der Waals surface area contributed by atoms with E-state index < -0.39 is 0 Å². The van der Waals surface area contributed by atoms with Gasteiger partial charge in [0, 0.05) is 19.0 Å². The minimum Gasteiger partial charge on any atom is -0.339 e. The molecule has 2 N–H and O–H groups in total. The van der Waals surface area contributed by atoms with Gasteiger partial charge in [-0.3, -0.25) is 4.79 Å². The Kier molecular flexibility index (Phi) is 6.13. The summed E-state index contributed by atoms with van der Waals surface area (Å²) in [6.07, 6.45) is 4.02. The van der Waals surface area contributed by atoms with Crippen LogP contribution in [-0.4, -0.2) is 29.9 Å². The molecule has 18 heavy (non-hydrogen) atoms. The third kappa shape index (κ3) is 4.27. The molecule has 106 valence electrons. The van der Waals surface area contributed by atoms with E-state index in [-0.39, 0.29) is 0 Å². The van der Waals surface area contributed by atoms with Gasteiger partial charge in [0.1, 0.15) is 0 Å². The monoisotopic (exact) mass is 254 g/mol. The molecule has 0 aromatic rings. The molecular weight excluding hydrogens is 224 g/mol. The number of carbonyl (C=O) groups is 1. The summed E-state index contributed by atoms with van der Waals surface area (Å²) in [5.41, 5.74) is 5.79. The summed E-state index contributed by atoms with van der Waals surface area (Å²) >= 11 is 0. The molecule has 1 saturated heterocycles. The van der Waals surface area contributed by atoms with Crippen LogP contribution in [0.25, 0.3) is 0 Å². The fraction of sp³-hybridized carbons (Fsp3) is 0.933. The first-order valence-electron chi connectivity index (χ1n) is 7.45. The van der Waals surface area contributed by atoms with Crippen molar-refractivity contribution in [2.24, 2.45) is 23.5 Å². The fourth-order valence-electron chi connectivity index (χ4n) is 3.09. The van der Waals surface area contributed by atoms with Crippen molar-refractivity contribution in [3.63, 3.8) is 0 Å². The number of hydrogen-bond acceptors (Lipinski definition) is 2. The number of nitrogens with zero attached hydrogens (tertiary/aromatic N) is 1. The molecular formula is C15H30N2O. The summed E-state index contributed by atoms with van der Waals surface area (Å²) < 4.78 is 0. The number of amides is 1. The smallest absolute Gasteiger partial charge is 0.223 e. The highest BCUT2D eigenvalue weighted by molar-refractivity contribution is 5.77. The molecule has 1 aliphatic heterocycles. The van der Waals surface area contributed by atoms with E-state index in [1.54, 1.807) is 0 Å². The van der Waals surface area contributed by atoms with Crippen molar-refractivity contribution < 1.29 is 4.79 Å². The first kappa shape index (κ1) is 15.5. The Morgan fingerprint density at radius 3 is 2.50 bits per heavy atom. The number of nitrogens with two attached hydrogens (primary N) is 1. The van der Waals surface area contributed by atoms with Crippen molar-refractivity contribution in [1.82, 2.24) is 4.90 Å². The number of hydrogen-bond donors (Lipinski definition) is 1. The standard InChI is InChI=1S/C15H30N2O/c1-11(2)8-13(10-16)9-15(18)17-7-5-6-14(17)12(3)4/h11-14H,5-10,16H2,1-4H3/t13-,14?/m1/s1. The Labute approximate surface area is 112 Å². The topological polar surface area (TPSA) is 46.3 Å². The maximum atomic E-state index is 12.4. The van der Waals surface area contributed by atoms with Gasteiger partial charge in [-0.25, -0.2) is 0 Å². The van der Waals surface area contributed by atoms with Gasteiger partial charge in [0.05, 0.1) is 0 Å². The minimum atomic E-state index is 0.322. The van der Waals surface area contributed by atoms with Crippen LogP contribution in [0.5, 0.6) is 0 Å².